The molecule has 4 aromatic rings. The first-order chi connectivity index (χ1) is 17.2. The number of halogens is 1. The van der Waals surface area contributed by atoms with Gasteiger partial charge in [-0.1, -0.05) is 0 Å². The minimum Gasteiger partial charge on any atom is -0.465 e. The molecule has 1 saturated heterocycles. The number of carbonyl (C=O) groups is 2. The maximum atomic E-state index is 14.4. The first-order valence-corrected chi connectivity index (χ1v) is 11.5. The summed E-state index contributed by atoms with van der Waals surface area (Å²) in [5.41, 5.74) is 6.40. The second-order valence-corrected chi connectivity index (χ2v) is 9.00. The van der Waals surface area contributed by atoms with Crippen LogP contribution in [0, 0.1) is 13.8 Å². The lowest BCUT2D eigenvalue weighted by molar-refractivity contribution is 0.0917. The SMILES string of the molecule is Cc1cc2nc(C(=O)NC3CN(C(=O)O)C[C@H]3F)cc(-c3ccnn3C)c2c(C)c1-c1ccncc1. The third kappa shape index (κ3) is 4.04. The van der Waals surface area contributed by atoms with Crippen LogP contribution in [0.25, 0.3) is 33.3 Å². The smallest absolute Gasteiger partial charge is 0.407 e. The van der Waals surface area contributed by atoms with Crippen molar-refractivity contribution in [3.63, 3.8) is 0 Å². The van der Waals surface area contributed by atoms with Gasteiger partial charge < -0.3 is 15.3 Å². The molecule has 4 heterocycles. The molecular weight excluding hydrogens is 463 g/mol. The minimum atomic E-state index is -1.49. The lowest BCUT2D eigenvalue weighted by Gasteiger charge is -2.18. The number of pyridine rings is 2. The molecule has 5 rings (SSSR count). The van der Waals surface area contributed by atoms with Crippen LogP contribution in [0.1, 0.15) is 21.6 Å². The Kier molecular flexibility index (Phi) is 5.87. The highest BCUT2D eigenvalue weighted by atomic mass is 19.1. The van der Waals surface area contributed by atoms with E-state index in [1.54, 1.807) is 29.3 Å². The minimum absolute atomic E-state index is 0.113. The van der Waals surface area contributed by atoms with Gasteiger partial charge in [-0.05, 0) is 66.4 Å². The lowest BCUT2D eigenvalue weighted by atomic mass is 9.90. The van der Waals surface area contributed by atoms with E-state index in [-0.39, 0.29) is 18.8 Å². The van der Waals surface area contributed by atoms with Crippen LogP contribution < -0.4 is 5.32 Å². The number of aryl methyl sites for hydroxylation is 3. The van der Waals surface area contributed by atoms with E-state index in [2.05, 4.69) is 20.4 Å². The van der Waals surface area contributed by atoms with Gasteiger partial charge in [0.05, 0.1) is 23.8 Å². The van der Waals surface area contributed by atoms with Crippen LogP contribution in [0.4, 0.5) is 9.18 Å². The molecule has 0 aliphatic carbocycles. The maximum absolute atomic E-state index is 14.4. The monoisotopic (exact) mass is 488 g/mol. The number of nitrogens with zero attached hydrogens (tertiary/aromatic N) is 5. The highest BCUT2D eigenvalue weighted by molar-refractivity contribution is 6.04. The lowest BCUT2D eigenvalue weighted by Crippen LogP contribution is -2.42. The summed E-state index contributed by atoms with van der Waals surface area (Å²) in [6.07, 6.45) is 2.47. The van der Waals surface area contributed by atoms with Gasteiger partial charge in [0.25, 0.3) is 5.91 Å². The summed E-state index contributed by atoms with van der Waals surface area (Å²) in [5, 5.41) is 17.0. The quantitative estimate of drug-likeness (QED) is 0.452. The van der Waals surface area contributed by atoms with E-state index in [1.165, 1.54) is 0 Å². The molecule has 1 unspecified atom stereocenters. The number of hydrogen-bond donors (Lipinski definition) is 2. The molecule has 184 valence electrons. The first kappa shape index (κ1) is 23.4. The molecule has 1 fully saturated rings. The number of benzene rings is 1. The summed E-state index contributed by atoms with van der Waals surface area (Å²) < 4.78 is 16.2. The number of alkyl halides is 1. The highest BCUT2D eigenvalue weighted by Crippen LogP contribution is 2.38. The van der Waals surface area contributed by atoms with Crippen LogP contribution in [0.5, 0.6) is 0 Å². The summed E-state index contributed by atoms with van der Waals surface area (Å²) in [5.74, 6) is -0.561. The number of rotatable bonds is 4. The predicted octanol–water partition coefficient (Wildman–Crippen LogP) is 3.74. The van der Waals surface area contributed by atoms with Gasteiger partial charge in [0.15, 0.2) is 0 Å². The number of nitrogens with one attached hydrogen (secondary N) is 1. The van der Waals surface area contributed by atoms with Crippen LogP contribution in [0.2, 0.25) is 0 Å². The Morgan fingerprint density at radius 3 is 2.50 bits per heavy atom. The normalized spacial score (nSPS) is 17.5. The van der Waals surface area contributed by atoms with Crippen LogP contribution in [-0.4, -0.2) is 67.1 Å². The summed E-state index contributed by atoms with van der Waals surface area (Å²) in [7, 11) is 1.82. The van der Waals surface area contributed by atoms with Crippen LogP contribution in [0.15, 0.2) is 48.9 Å². The topological polar surface area (TPSA) is 113 Å². The van der Waals surface area contributed by atoms with Gasteiger partial charge in [0, 0.05) is 43.1 Å². The Morgan fingerprint density at radius 1 is 1.11 bits per heavy atom. The molecule has 0 radical (unpaired) electrons. The zero-order chi connectivity index (χ0) is 25.6. The van der Waals surface area contributed by atoms with Crippen LogP contribution >= 0.6 is 0 Å². The number of carboxylic acid groups (broad SMARTS) is 1. The van der Waals surface area contributed by atoms with E-state index in [0.717, 1.165) is 43.8 Å². The van der Waals surface area contributed by atoms with Crippen LogP contribution in [-0.2, 0) is 7.05 Å². The molecule has 2 amide bonds. The molecule has 0 saturated carbocycles. The van der Waals surface area contributed by atoms with E-state index in [4.69, 9.17) is 5.11 Å². The Bertz CT molecular complexity index is 1490. The van der Waals surface area contributed by atoms with Crippen molar-refractivity contribution in [3.05, 3.63) is 65.7 Å². The molecule has 36 heavy (non-hydrogen) atoms. The van der Waals surface area contributed by atoms with E-state index >= 15 is 0 Å². The summed E-state index contributed by atoms with van der Waals surface area (Å²) in [4.78, 5) is 34.1. The van der Waals surface area contributed by atoms with Gasteiger partial charge in [-0.25, -0.2) is 14.2 Å². The Morgan fingerprint density at radius 2 is 1.86 bits per heavy atom. The third-order valence-electron chi connectivity index (χ3n) is 6.68. The molecule has 2 N–H and O–H groups in total. The number of aromatic nitrogens is 4. The Labute approximate surface area is 206 Å². The molecular formula is C26H25FN6O3. The average Bonchev–Trinajstić information content (AvgIpc) is 3.44. The molecule has 1 aromatic carbocycles. The van der Waals surface area contributed by atoms with E-state index < -0.39 is 24.2 Å². The average molecular weight is 489 g/mol. The van der Waals surface area contributed by atoms with Gasteiger partial charge >= 0.3 is 6.09 Å². The van der Waals surface area contributed by atoms with Gasteiger partial charge in [-0.2, -0.15) is 5.10 Å². The molecule has 0 bridgehead atoms. The molecule has 9 nitrogen and oxygen atoms in total. The molecule has 0 spiro atoms. The van der Waals surface area contributed by atoms with Crippen molar-refractivity contribution in [1.29, 1.82) is 0 Å². The fourth-order valence-corrected chi connectivity index (χ4v) is 4.98. The molecule has 1 aliphatic rings. The fraction of sp³-hybridized carbons (Fsp3) is 0.269. The second kappa shape index (κ2) is 9.03. The van der Waals surface area contributed by atoms with E-state index in [9.17, 15) is 14.0 Å². The third-order valence-corrected chi connectivity index (χ3v) is 6.68. The van der Waals surface area contributed by atoms with Crippen molar-refractivity contribution in [1.82, 2.24) is 30.0 Å². The zero-order valence-electron chi connectivity index (χ0n) is 20.1. The Balaban J connectivity index is 1.64. The van der Waals surface area contributed by atoms with Crippen molar-refractivity contribution in [3.8, 4) is 22.4 Å². The number of fused-ring (bicyclic) bond motifs is 1. The first-order valence-electron chi connectivity index (χ1n) is 11.5. The van der Waals surface area contributed by atoms with E-state index in [0.29, 0.717) is 5.52 Å². The number of likely N-dealkylation sites (tertiary alicyclic amines) is 1. The fourth-order valence-electron chi connectivity index (χ4n) is 4.98. The Hall–Kier alpha value is -4.34. The van der Waals surface area contributed by atoms with Crippen molar-refractivity contribution in [2.24, 2.45) is 7.05 Å². The molecule has 10 heteroatoms. The van der Waals surface area contributed by atoms with Gasteiger partial charge in [0.2, 0.25) is 0 Å². The van der Waals surface area contributed by atoms with Gasteiger partial charge in [-0.15, -0.1) is 0 Å². The number of amides is 2. The van der Waals surface area contributed by atoms with E-state index in [1.807, 2.05) is 45.2 Å². The van der Waals surface area contributed by atoms with Crippen LogP contribution in [0.3, 0.4) is 0 Å². The number of hydrogen-bond acceptors (Lipinski definition) is 5. The summed E-state index contributed by atoms with van der Waals surface area (Å²) in [6, 6.07) is 8.45. The maximum Gasteiger partial charge on any atom is 0.407 e. The van der Waals surface area contributed by atoms with Crippen molar-refractivity contribution in [2.75, 3.05) is 13.1 Å². The van der Waals surface area contributed by atoms with Crippen molar-refractivity contribution < 1.29 is 19.1 Å². The summed E-state index contributed by atoms with van der Waals surface area (Å²) in [6.45, 7) is 3.63. The van der Waals surface area contributed by atoms with Gasteiger partial charge in [-0.3, -0.25) is 14.5 Å². The zero-order valence-corrected chi connectivity index (χ0v) is 20.1. The molecule has 2 atom stereocenters. The summed E-state index contributed by atoms with van der Waals surface area (Å²) >= 11 is 0. The predicted molar refractivity (Wildman–Crippen MR) is 132 cm³/mol. The standard InChI is InChI=1S/C26H25FN6O3/c1-14-10-19-24(15(2)23(14)16-4-7-28-8-5-16)17(22-6-9-29-32(22)3)11-20(30-19)25(34)31-21-13-33(26(35)36)12-18(21)27/h4-11,18,21H,12-13H2,1-3H3,(H,31,34)(H,35,36)/t18-,21?/m1/s1. The highest BCUT2D eigenvalue weighted by Gasteiger charge is 2.36. The largest absolute Gasteiger partial charge is 0.465 e. The van der Waals surface area contributed by atoms with Gasteiger partial charge in [0.1, 0.15) is 11.9 Å². The van der Waals surface area contributed by atoms with Crippen molar-refractivity contribution in [2.45, 2.75) is 26.1 Å². The molecule has 3 aromatic heterocycles. The number of carbonyl (C=O) groups excluding carboxylic acids is 1. The molecule has 1 aliphatic heterocycles. The van der Waals surface area contributed by atoms with Crippen molar-refractivity contribution >= 4 is 22.9 Å². The second-order valence-electron chi connectivity index (χ2n) is 9.00.